The topological polar surface area (TPSA) is 60.9 Å². The first-order valence-electron chi connectivity index (χ1n) is 12.5. The highest BCUT2D eigenvalue weighted by molar-refractivity contribution is 5.83. The number of carbonyl (C=O) groups is 1. The average Bonchev–Trinajstić information content (AvgIpc) is 3.10. The van der Waals surface area contributed by atoms with E-state index in [0.717, 1.165) is 66.9 Å². The van der Waals surface area contributed by atoms with E-state index in [4.69, 9.17) is 14.2 Å². The van der Waals surface area contributed by atoms with Gasteiger partial charge in [-0.1, -0.05) is 48.6 Å². The van der Waals surface area contributed by atoms with Gasteiger partial charge in [-0.15, -0.1) is 0 Å². The third kappa shape index (κ3) is 4.66. The van der Waals surface area contributed by atoms with Crippen molar-refractivity contribution in [1.82, 2.24) is 9.88 Å². The largest absolute Gasteiger partial charge is 0.468 e. The molecule has 1 aliphatic carbocycles. The minimum atomic E-state index is -0.564. The number of hydrogen-bond donors (Lipinski definition) is 0. The third-order valence-electron chi connectivity index (χ3n) is 7.40. The van der Waals surface area contributed by atoms with E-state index >= 15 is 0 Å². The molecule has 1 fully saturated rings. The molecular weight excluding hydrogens is 452 g/mol. The Morgan fingerprint density at radius 3 is 2.72 bits per heavy atom. The monoisotopic (exact) mass is 484 g/mol. The Bertz CT molecular complexity index is 1220. The summed E-state index contributed by atoms with van der Waals surface area (Å²) >= 11 is 0. The molecule has 0 N–H and O–H groups in total. The van der Waals surface area contributed by atoms with Gasteiger partial charge in [0.2, 0.25) is 5.88 Å². The summed E-state index contributed by atoms with van der Waals surface area (Å²) in [5.74, 6) is 1.24. The van der Waals surface area contributed by atoms with Crippen molar-refractivity contribution in [3.63, 3.8) is 0 Å². The Morgan fingerprint density at radius 2 is 1.97 bits per heavy atom. The zero-order valence-electron chi connectivity index (χ0n) is 20.9. The molecule has 3 aliphatic rings. The molecule has 3 heterocycles. The van der Waals surface area contributed by atoms with Gasteiger partial charge in [-0.05, 0) is 67.8 Å². The standard InChI is InChI=1S/C30H32N2O4/c1-34-26-13-6-14-27-25(26)21-22(24-12-7-17-31-28(24)36-27)9-8-18-32-19-15-30(16-20-32,29(33)35-2)23-10-4-3-5-11-23/h3-7,9-14,17,21,26H,8,15-16,18-20H2,1-2H3. The highest BCUT2D eigenvalue weighted by Crippen LogP contribution is 2.38. The number of piperidine rings is 1. The molecule has 36 heavy (non-hydrogen) atoms. The number of pyridine rings is 1. The number of methoxy groups -OCH3 is 2. The van der Waals surface area contributed by atoms with Crippen LogP contribution < -0.4 is 4.74 Å². The fourth-order valence-electron chi connectivity index (χ4n) is 5.37. The van der Waals surface area contributed by atoms with Crippen LogP contribution in [0.4, 0.5) is 0 Å². The molecule has 6 heteroatoms. The van der Waals surface area contributed by atoms with E-state index in [1.807, 2.05) is 60.7 Å². The molecule has 1 aromatic carbocycles. The van der Waals surface area contributed by atoms with Crippen LogP contribution >= 0.6 is 0 Å². The summed E-state index contributed by atoms with van der Waals surface area (Å²) in [6, 6.07) is 14.0. The van der Waals surface area contributed by atoms with Gasteiger partial charge in [0.05, 0.1) is 12.5 Å². The third-order valence-corrected chi connectivity index (χ3v) is 7.40. The molecule has 0 saturated carbocycles. The lowest BCUT2D eigenvalue weighted by Crippen LogP contribution is -2.48. The predicted molar refractivity (Wildman–Crippen MR) is 139 cm³/mol. The van der Waals surface area contributed by atoms with Crippen molar-refractivity contribution in [2.24, 2.45) is 0 Å². The second-order valence-corrected chi connectivity index (χ2v) is 9.36. The lowest BCUT2D eigenvalue weighted by molar-refractivity contribution is -0.149. The van der Waals surface area contributed by atoms with Gasteiger partial charge in [-0.3, -0.25) is 4.79 Å². The molecule has 1 unspecified atom stereocenters. The summed E-state index contributed by atoms with van der Waals surface area (Å²) in [4.78, 5) is 19.7. The lowest BCUT2D eigenvalue weighted by Gasteiger charge is -2.40. The van der Waals surface area contributed by atoms with Crippen LogP contribution in [0.15, 0.2) is 90.4 Å². The quantitative estimate of drug-likeness (QED) is 0.547. The maximum atomic E-state index is 12.8. The van der Waals surface area contributed by atoms with Crippen molar-refractivity contribution in [2.75, 3.05) is 33.9 Å². The number of likely N-dealkylation sites (tertiary alicyclic amines) is 1. The molecule has 2 aromatic rings. The maximum absolute atomic E-state index is 12.8. The smallest absolute Gasteiger partial charge is 0.316 e. The number of allylic oxidation sites excluding steroid dienone is 4. The molecule has 0 bridgehead atoms. The van der Waals surface area contributed by atoms with Gasteiger partial charge in [-0.2, -0.15) is 0 Å². The van der Waals surface area contributed by atoms with E-state index in [-0.39, 0.29) is 12.1 Å². The van der Waals surface area contributed by atoms with E-state index in [0.29, 0.717) is 5.88 Å². The van der Waals surface area contributed by atoms with Crippen LogP contribution in [-0.4, -0.2) is 55.8 Å². The summed E-state index contributed by atoms with van der Waals surface area (Å²) in [5, 5.41) is 0. The van der Waals surface area contributed by atoms with Crippen molar-refractivity contribution < 1.29 is 19.0 Å². The van der Waals surface area contributed by atoms with Gasteiger partial charge in [0, 0.05) is 31.0 Å². The fraction of sp³-hybridized carbons (Fsp3) is 0.333. The molecule has 6 nitrogen and oxygen atoms in total. The van der Waals surface area contributed by atoms with Gasteiger partial charge in [0.15, 0.2) is 0 Å². The average molecular weight is 485 g/mol. The molecule has 5 rings (SSSR count). The summed E-state index contributed by atoms with van der Waals surface area (Å²) in [6.45, 7) is 2.60. The number of carbonyl (C=O) groups excluding carboxylic acids is 1. The molecule has 186 valence electrons. The van der Waals surface area contributed by atoms with E-state index in [1.54, 1.807) is 13.3 Å². The maximum Gasteiger partial charge on any atom is 0.316 e. The first-order valence-corrected chi connectivity index (χ1v) is 12.5. The first kappa shape index (κ1) is 24.2. The van der Waals surface area contributed by atoms with E-state index in [1.165, 1.54) is 7.11 Å². The molecular formula is C30H32N2O4. The van der Waals surface area contributed by atoms with Gasteiger partial charge in [-0.25, -0.2) is 4.98 Å². The Morgan fingerprint density at radius 1 is 1.17 bits per heavy atom. The molecule has 2 aliphatic heterocycles. The minimum absolute atomic E-state index is 0.136. The van der Waals surface area contributed by atoms with Gasteiger partial charge in [0.1, 0.15) is 11.9 Å². The number of esters is 1. The first-order chi connectivity index (χ1) is 17.6. The molecule has 0 amide bonds. The Kier molecular flexibility index (Phi) is 7.16. The molecule has 0 spiro atoms. The molecule has 1 aromatic heterocycles. The van der Waals surface area contributed by atoms with Crippen LogP contribution in [-0.2, 0) is 19.7 Å². The zero-order chi connectivity index (χ0) is 25.0. The number of hydrogen-bond acceptors (Lipinski definition) is 6. The van der Waals surface area contributed by atoms with Gasteiger partial charge in [0.25, 0.3) is 0 Å². The highest BCUT2D eigenvalue weighted by atomic mass is 16.5. The summed E-state index contributed by atoms with van der Waals surface area (Å²) in [5.41, 5.74) is 3.53. The Hall–Kier alpha value is -3.48. The van der Waals surface area contributed by atoms with Crippen molar-refractivity contribution in [3.8, 4) is 5.88 Å². The number of rotatable bonds is 6. The molecule has 0 radical (unpaired) electrons. The van der Waals surface area contributed by atoms with Crippen molar-refractivity contribution in [1.29, 1.82) is 0 Å². The van der Waals surface area contributed by atoms with Crippen LogP contribution in [0.5, 0.6) is 5.88 Å². The summed E-state index contributed by atoms with van der Waals surface area (Å²) < 4.78 is 17.1. The van der Waals surface area contributed by atoms with E-state index in [9.17, 15) is 4.79 Å². The molecule has 1 atom stereocenters. The van der Waals surface area contributed by atoms with Crippen molar-refractivity contribution >= 4 is 11.5 Å². The van der Waals surface area contributed by atoms with Crippen LogP contribution in [0.2, 0.25) is 0 Å². The molecule has 1 saturated heterocycles. The van der Waals surface area contributed by atoms with Gasteiger partial charge < -0.3 is 19.1 Å². The number of aromatic nitrogens is 1. The van der Waals surface area contributed by atoms with E-state index < -0.39 is 5.41 Å². The van der Waals surface area contributed by atoms with Crippen molar-refractivity contribution in [2.45, 2.75) is 30.8 Å². The minimum Gasteiger partial charge on any atom is -0.468 e. The SMILES string of the molecule is COC(=O)C1(c2ccccc2)CCN(CCC=C2C=C3C(=CC=CC3OC)Oc3ncccc32)CC1. The number of nitrogens with zero attached hydrogens (tertiary/aromatic N) is 2. The van der Waals surface area contributed by atoms with E-state index in [2.05, 4.69) is 22.0 Å². The normalized spacial score (nSPS) is 21.9. The number of benzene rings is 1. The second-order valence-electron chi connectivity index (χ2n) is 9.36. The Balaban J connectivity index is 1.32. The van der Waals surface area contributed by atoms with Crippen LogP contribution in [0.3, 0.4) is 0 Å². The lowest BCUT2D eigenvalue weighted by atomic mass is 9.72. The zero-order valence-corrected chi connectivity index (χ0v) is 20.9. The fourth-order valence-corrected chi connectivity index (χ4v) is 5.37. The van der Waals surface area contributed by atoms with Crippen LogP contribution in [0.25, 0.3) is 5.57 Å². The van der Waals surface area contributed by atoms with Crippen LogP contribution in [0, 0.1) is 0 Å². The Labute approximate surface area is 212 Å². The van der Waals surface area contributed by atoms with Crippen molar-refractivity contribution in [3.05, 3.63) is 102 Å². The predicted octanol–water partition coefficient (Wildman–Crippen LogP) is 4.85. The highest BCUT2D eigenvalue weighted by Gasteiger charge is 2.43. The number of ether oxygens (including phenoxy) is 3. The second kappa shape index (κ2) is 10.6. The summed E-state index contributed by atoms with van der Waals surface area (Å²) in [7, 11) is 3.19. The van der Waals surface area contributed by atoms with Gasteiger partial charge >= 0.3 is 5.97 Å². The number of fused-ring (bicyclic) bond motifs is 2. The summed E-state index contributed by atoms with van der Waals surface area (Å²) in [6.07, 6.45) is 14.3. The van der Waals surface area contributed by atoms with Crippen LogP contribution in [0.1, 0.15) is 30.4 Å².